The van der Waals surface area contributed by atoms with Crippen LogP contribution >= 0.6 is 0 Å². The van der Waals surface area contributed by atoms with Crippen molar-refractivity contribution in [3.63, 3.8) is 0 Å². The average Bonchev–Trinajstić information content (AvgIpc) is 1.90. The van der Waals surface area contributed by atoms with Gasteiger partial charge in [0.25, 0.3) is 0 Å². The van der Waals surface area contributed by atoms with Crippen LogP contribution in [0.5, 0.6) is 5.75 Å². The van der Waals surface area contributed by atoms with Crippen molar-refractivity contribution >= 4 is 0 Å². The fourth-order valence-corrected chi connectivity index (χ4v) is 1.29. The molecule has 0 aromatic heterocycles. The molecule has 0 amide bonds. The normalized spacial score (nSPS) is 9.89. The Morgan fingerprint density at radius 3 is 2.22 bits per heavy atom. The van der Waals surface area contributed by atoms with E-state index in [4.69, 9.17) is 9.05 Å². The number of phenols is 1. The first-order chi connectivity index (χ1) is 4.33. The first-order valence-corrected chi connectivity index (χ1v) is 4.78. The van der Waals surface area contributed by atoms with Gasteiger partial charge in [0.1, 0.15) is 0 Å². The third kappa shape index (κ3) is 1.83. The van der Waals surface area contributed by atoms with Crippen molar-refractivity contribution in [3.05, 3.63) is 27.8 Å². The molecule has 0 fully saturated rings. The zero-order chi connectivity index (χ0) is 6.69. The van der Waals surface area contributed by atoms with Crippen molar-refractivity contribution in [2.24, 2.45) is 3.95 Å². The molecule has 1 rings (SSSR count). The van der Waals surface area contributed by atoms with Crippen LogP contribution in [0.25, 0.3) is 0 Å². The van der Waals surface area contributed by atoms with E-state index in [9.17, 15) is 0 Å². The van der Waals surface area contributed by atoms with Crippen LogP contribution in [0.2, 0.25) is 0 Å². The van der Waals surface area contributed by atoms with Crippen LogP contribution in [0.1, 0.15) is 0 Å². The summed E-state index contributed by atoms with van der Waals surface area (Å²) in [6, 6.07) is 7.01. The number of halogens is 1. The summed E-state index contributed by atoms with van der Waals surface area (Å²) in [4.78, 5) is 0. The zero-order valence-electron chi connectivity index (χ0n) is 4.71. The minimum absolute atomic E-state index is 0.302. The van der Waals surface area contributed by atoms with Gasteiger partial charge >= 0.3 is 64.1 Å². The van der Waals surface area contributed by atoms with Crippen molar-refractivity contribution in [2.75, 3.05) is 0 Å². The maximum atomic E-state index is 8.82. The number of hydrogen-bond acceptors (Lipinski definition) is 2. The standard InChI is InChI=1S/C6H7INO/c8-7-5-1-3-6(9)4-2-5/h1-4,9H,8H2/q-1. The Balaban J connectivity index is 2.88. The SMILES string of the molecule is N[I-]c1ccc(O)cc1. The second-order valence-electron chi connectivity index (χ2n) is 1.59. The summed E-state index contributed by atoms with van der Waals surface area (Å²) in [5.74, 6) is 0.302. The number of nitrogens with two attached hydrogens (primary N) is 1. The fraction of sp³-hybridized carbons (Fsp3) is 0. The molecule has 0 saturated heterocycles. The van der Waals surface area contributed by atoms with E-state index in [0.717, 1.165) is 3.57 Å². The van der Waals surface area contributed by atoms with Gasteiger partial charge in [0, 0.05) is 0 Å². The van der Waals surface area contributed by atoms with Gasteiger partial charge in [-0.25, -0.2) is 0 Å². The molecular formula is C6H7INO-. The van der Waals surface area contributed by atoms with E-state index >= 15 is 0 Å². The van der Waals surface area contributed by atoms with E-state index in [-0.39, 0.29) is 21.5 Å². The van der Waals surface area contributed by atoms with Crippen LogP contribution in [0, 0.1) is 3.57 Å². The molecule has 0 aliphatic rings. The Labute approximate surface area is 64.3 Å². The molecule has 1 aromatic rings. The third-order valence-electron chi connectivity index (χ3n) is 0.953. The summed E-state index contributed by atoms with van der Waals surface area (Å²) in [5.41, 5.74) is 0. The summed E-state index contributed by atoms with van der Waals surface area (Å²) >= 11 is -0.315. The van der Waals surface area contributed by atoms with Crippen LogP contribution in [0.3, 0.4) is 0 Å². The molecule has 0 aliphatic carbocycles. The molecular weight excluding hydrogens is 229 g/mol. The second-order valence-corrected chi connectivity index (χ2v) is 3.45. The van der Waals surface area contributed by atoms with Crippen molar-refractivity contribution in [2.45, 2.75) is 0 Å². The van der Waals surface area contributed by atoms with E-state index in [2.05, 4.69) is 0 Å². The van der Waals surface area contributed by atoms with Crippen LogP contribution in [-0.2, 0) is 0 Å². The summed E-state index contributed by atoms with van der Waals surface area (Å²) in [5, 5.41) is 8.82. The van der Waals surface area contributed by atoms with Crippen molar-refractivity contribution in [1.29, 1.82) is 0 Å². The van der Waals surface area contributed by atoms with Crippen LogP contribution in [0.4, 0.5) is 0 Å². The minimum atomic E-state index is -0.315. The summed E-state index contributed by atoms with van der Waals surface area (Å²) in [6.07, 6.45) is 0. The Bertz CT molecular complexity index is 185. The van der Waals surface area contributed by atoms with Crippen LogP contribution < -0.4 is 25.4 Å². The van der Waals surface area contributed by atoms with Gasteiger partial charge in [-0.3, -0.25) is 0 Å². The Hall–Kier alpha value is -0.290. The number of phenolic OH excluding ortho intramolecular Hbond substituents is 1. The molecule has 0 aliphatic heterocycles. The van der Waals surface area contributed by atoms with Crippen LogP contribution in [-0.4, -0.2) is 5.11 Å². The molecule has 1 aromatic carbocycles. The molecule has 3 heteroatoms. The third-order valence-corrected chi connectivity index (χ3v) is 2.39. The topological polar surface area (TPSA) is 46.2 Å². The van der Waals surface area contributed by atoms with E-state index in [1.807, 2.05) is 12.1 Å². The molecule has 0 saturated carbocycles. The maximum absolute atomic E-state index is 8.82. The van der Waals surface area contributed by atoms with Crippen molar-refractivity contribution < 1.29 is 26.6 Å². The van der Waals surface area contributed by atoms with Crippen LogP contribution in [0.15, 0.2) is 24.3 Å². The molecule has 50 valence electrons. The average molecular weight is 236 g/mol. The Morgan fingerprint density at radius 2 is 1.78 bits per heavy atom. The number of hydrogen-bond donors (Lipinski definition) is 2. The predicted molar refractivity (Wildman–Crippen MR) is 31.0 cm³/mol. The van der Waals surface area contributed by atoms with Crippen molar-refractivity contribution in [3.8, 4) is 5.75 Å². The molecule has 3 N–H and O–H groups in total. The van der Waals surface area contributed by atoms with Crippen molar-refractivity contribution in [1.82, 2.24) is 0 Å². The van der Waals surface area contributed by atoms with E-state index in [1.54, 1.807) is 12.1 Å². The van der Waals surface area contributed by atoms with Gasteiger partial charge in [-0.1, -0.05) is 0 Å². The predicted octanol–water partition coefficient (Wildman–Crippen LogP) is -2.48. The molecule has 0 spiro atoms. The summed E-state index contributed by atoms with van der Waals surface area (Å²) in [7, 11) is 0. The summed E-state index contributed by atoms with van der Waals surface area (Å²) < 4.78 is 6.57. The molecule has 0 bridgehead atoms. The molecule has 9 heavy (non-hydrogen) atoms. The van der Waals surface area contributed by atoms with Gasteiger partial charge in [-0.2, -0.15) is 0 Å². The zero-order valence-corrected chi connectivity index (χ0v) is 6.87. The van der Waals surface area contributed by atoms with E-state index in [1.165, 1.54) is 0 Å². The number of benzene rings is 1. The first-order valence-electron chi connectivity index (χ1n) is 2.45. The molecule has 0 radical (unpaired) electrons. The Morgan fingerprint density at radius 1 is 1.22 bits per heavy atom. The van der Waals surface area contributed by atoms with Gasteiger partial charge in [0.15, 0.2) is 0 Å². The number of rotatable bonds is 1. The van der Waals surface area contributed by atoms with E-state index in [0.29, 0.717) is 5.75 Å². The fourth-order valence-electron chi connectivity index (χ4n) is 0.514. The molecule has 2 nitrogen and oxygen atoms in total. The van der Waals surface area contributed by atoms with E-state index < -0.39 is 0 Å². The molecule has 0 unspecified atom stereocenters. The Kier molecular flexibility index (Phi) is 2.29. The van der Waals surface area contributed by atoms with Gasteiger partial charge < -0.3 is 0 Å². The monoisotopic (exact) mass is 236 g/mol. The molecule has 0 heterocycles. The number of aromatic hydroxyl groups is 1. The molecule has 0 atom stereocenters. The quantitative estimate of drug-likeness (QED) is 0.419. The van der Waals surface area contributed by atoms with Gasteiger partial charge in [0.2, 0.25) is 0 Å². The van der Waals surface area contributed by atoms with Gasteiger partial charge in [-0.05, 0) is 0 Å². The first kappa shape index (κ1) is 6.82. The second kappa shape index (κ2) is 3.03. The summed E-state index contributed by atoms with van der Waals surface area (Å²) in [6.45, 7) is 0. The van der Waals surface area contributed by atoms with Gasteiger partial charge in [-0.15, -0.1) is 0 Å². The van der Waals surface area contributed by atoms with Gasteiger partial charge in [0.05, 0.1) is 0 Å².